The van der Waals surface area contributed by atoms with E-state index in [9.17, 15) is 0 Å². The molecule has 0 bridgehead atoms. The van der Waals surface area contributed by atoms with Gasteiger partial charge in [0, 0.05) is 0 Å². The van der Waals surface area contributed by atoms with E-state index >= 15 is 0 Å². The summed E-state index contributed by atoms with van der Waals surface area (Å²) in [5.41, 5.74) is 7.22. The maximum absolute atomic E-state index is 5.98. The van der Waals surface area contributed by atoms with Crippen molar-refractivity contribution >= 4 is 28.4 Å². The Balaban J connectivity index is 2.11. The van der Waals surface area contributed by atoms with Crippen LogP contribution in [0.4, 0.5) is 5.82 Å². The molecule has 2 N–H and O–H groups in total. The van der Waals surface area contributed by atoms with Crippen LogP contribution in [0.25, 0.3) is 0 Å². The lowest BCUT2D eigenvalue weighted by molar-refractivity contribution is 0.414. The lowest BCUT2D eigenvalue weighted by Gasteiger charge is -2.14. The van der Waals surface area contributed by atoms with E-state index in [0.29, 0.717) is 0 Å². The van der Waals surface area contributed by atoms with Crippen LogP contribution in [-0.4, -0.2) is 16.9 Å². The number of halogens is 1. The molecule has 1 aromatic carbocycles. The fourth-order valence-electron chi connectivity index (χ4n) is 1.89. The Morgan fingerprint density at radius 1 is 1.39 bits per heavy atom. The van der Waals surface area contributed by atoms with Crippen LogP contribution in [0.1, 0.15) is 18.5 Å². The second kappa shape index (κ2) is 5.60. The molecule has 18 heavy (non-hydrogen) atoms. The van der Waals surface area contributed by atoms with E-state index in [1.807, 2.05) is 16.8 Å². The Morgan fingerprint density at radius 3 is 2.56 bits per heavy atom. The van der Waals surface area contributed by atoms with Crippen molar-refractivity contribution < 1.29 is 4.74 Å². The molecule has 1 atom stereocenters. The van der Waals surface area contributed by atoms with Crippen LogP contribution in [0.15, 0.2) is 30.5 Å². The summed E-state index contributed by atoms with van der Waals surface area (Å²) in [5, 5.41) is 4.30. The smallest absolute Gasteiger partial charge is 0.135 e. The summed E-state index contributed by atoms with van der Waals surface area (Å²) in [7, 11) is 1.67. The average Bonchev–Trinajstić information content (AvgIpc) is 2.71. The van der Waals surface area contributed by atoms with Gasteiger partial charge < -0.3 is 10.5 Å². The number of nitrogens with zero attached hydrogens (tertiary/aromatic N) is 2. The lowest BCUT2D eigenvalue weighted by Crippen LogP contribution is -2.12. The summed E-state index contributed by atoms with van der Waals surface area (Å²) in [4.78, 5) is 0. The fraction of sp³-hybridized carbons (Fsp3) is 0.308. The first-order valence-electron chi connectivity index (χ1n) is 5.73. The van der Waals surface area contributed by atoms with Gasteiger partial charge in [-0.1, -0.05) is 12.1 Å². The second-order valence-corrected chi connectivity index (χ2v) is 5.39. The van der Waals surface area contributed by atoms with Crippen molar-refractivity contribution in [3.8, 4) is 5.75 Å². The number of aromatic nitrogens is 2. The van der Waals surface area contributed by atoms with Crippen molar-refractivity contribution in [2.45, 2.75) is 19.4 Å². The quantitative estimate of drug-likeness (QED) is 0.857. The highest BCUT2D eigenvalue weighted by atomic mass is 127. The molecule has 0 aliphatic carbocycles. The zero-order chi connectivity index (χ0) is 13.1. The van der Waals surface area contributed by atoms with Crippen LogP contribution in [0.3, 0.4) is 0 Å². The number of nitrogens with two attached hydrogens (primary N) is 1. The molecule has 1 heterocycles. The molecule has 0 saturated carbocycles. The largest absolute Gasteiger partial charge is 0.497 e. The summed E-state index contributed by atoms with van der Waals surface area (Å²) < 4.78 is 8.00. The minimum absolute atomic E-state index is 0.238. The van der Waals surface area contributed by atoms with Crippen molar-refractivity contribution in [3.63, 3.8) is 0 Å². The van der Waals surface area contributed by atoms with Gasteiger partial charge in [-0.3, -0.25) is 0 Å². The van der Waals surface area contributed by atoms with Crippen molar-refractivity contribution in [2.24, 2.45) is 0 Å². The molecular weight excluding hydrogens is 341 g/mol. The third kappa shape index (κ3) is 2.77. The summed E-state index contributed by atoms with van der Waals surface area (Å²) in [5.74, 6) is 1.61. The Bertz CT molecular complexity index is 522. The minimum Gasteiger partial charge on any atom is -0.497 e. The van der Waals surface area contributed by atoms with Crippen molar-refractivity contribution in [1.82, 2.24) is 9.78 Å². The normalized spacial score (nSPS) is 12.4. The third-order valence-electron chi connectivity index (χ3n) is 2.89. The van der Waals surface area contributed by atoms with Gasteiger partial charge in [-0.2, -0.15) is 5.10 Å². The highest BCUT2D eigenvalue weighted by Crippen LogP contribution is 2.22. The molecule has 5 heteroatoms. The van der Waals surface area contributed by atoms with E-state index in [1.165, 1.54) is 5.56 Å². The van der Waals surface area contributed by atoms with Gasteiger partial charge >= 0.3 is 0 Å². The molecule has 4 nitrogen and oxygen atoms in total. The summed E-state index contributed by atoms with van der Waals surface area (Å²) in [6.45, 7) is 2.11. The number of benzene rings is 1. The van der Waals surface area contributed by atoms with Crippen LogP contribution in [-0.2, 0) is 6.42 Å². The average molecular weight is 357 g/mol. The number of hydrogen-bond donors (Lipinski definition) is 1. The highest BCUT2D eigenvalue weighted by Gasteiger charge is 2.12. The number of methoxy groups -OCH3 is 1. The molecule has 0 amide bonds. The SMILES string of the molecule is COc1ccc(CC(C)n2ncc(I)c2N)cc1. The third-order valence-corrected chi connectivity index (χ3v) is 3.73. The standard InChI is InChI=1S/C13H16IN3O/c1-9(17-13(15)12(14)8-16-17)7-10-3-5-11(18-2)6-4-10/h3-6,8-9H,7,15H2,1-2H3. The predicted molar refractivity (Wildman–Crippen MR) is 80.8 cm³/mol. The topological polar surface area (TPSA) is 53.1 Å². The van der Waals surface area contributed by atoms with Gasteiger partial charge in [0.1, 0.15) is 11.6 Å². The van der Waals surface area contributed by atoms with Gasteiger partial charge in [-0.15, -0.1) is 0 Å². The van der Waals surface area contributed by atoms with Gasteiger partial charge in [0.15, 0.2) is 0 Å². The molecule has 0 saturated heterocycles. The van der Waals surface area contributed by atoms with E-state index in [-0.39, 0.29) is 6.04 Å². The second-order valence-electron chi connectivity index (χ2n) is 4.22. The van der Waals surface area contributed by atoms with E-state index in [2.05, 4.69) is 46.7 Å². The monoisotopic (exact) mass is 357 g/mol. The molecule has 0 aliphatic rings. The van der Waals surface area contributed by atoms with Gasteiger partial charge in [0.05, 0.1) is 22.9 Å². The number of nitrogen functional groups attached to an aromatic ring is 1. The first kappa shape index (κ1) is 13.2. The Kier molecular flexibility index (Phi) is 4.11. The lowest BCUT2D eigenvalue weighted by atomic mass is 10.1. The molecule has 1 aromatic heterocycles. The molecule has 0 fully saturated rings. The molecule has 2 rings (SSSR count). The summed E-state index contributed by atoms with van der Waals surface area (Å²) in [6, 6.07) is 8.32. The predicted octanol–water partition coefficient (Wildman–Crippen LogP) is 2.88. The van der Waals surface area contributed by atoms with E-state index in [1.54, 1.807) is 13.3 Å². The molecular formula is C13H16IN3O. The number of ether oxygens (including phenoxy) is 1. The maximum Gasteiger partial charge on any atom is 0.135 e. The molecule has 0 radical (unpaired) electrons. The van der Waals surface area contributed by atoms with Crippen molar-refractivity contribution in [1.29, 1.82) is 0 Å². The van der Waals surface area contributed by atoms with E-state index in [0.717, 1.165) is 21.6 Å². The Labute approximate surface area is 120 Å². The Hall–Kier alpha value is -1.24. The van der Waals surface area contributed by atoms with Crippen LogP contribution in [0.2, 0.25) is 0 Å². The molecule has 0 spiro atoms. The Morgan fingerprint density at radius 2 is 2.06 bits per heavy atom. The number of hydrogen-bond acceptors (Lipinski definition) is 3. The molecule has 1 unspecified atom stereocenters. The molecule has 2 aromatic rings. The molecule has 96 valence electrons. The first-order valence-corrected chi connectivity index (χ1v) is 6.81. The molecule has 0 aliphatic heterocycles. The van der Waals surface area contributed by atoms with Gasteiger partial charge in [-0.25, -0.2) is 4.68 Å². The minimum atomic E-state index is 0.238. The maximum atomic E-state index is 5.98. The van der Waals surface area contributed by atoms with Crippen molar-refractivity contribution in [3.05, 3.63) is 39.6 Å². The zero-order valence-electron chi connectivity index (χ0n) is 10.4. The van der Waals surface area contributed by atoms with E-state index in [4.69, 9.17) is 10.5 Å². The van der Waals surface area contributed by atoms with Crippen LogP contribution in [0, 0.1) is 3.57 Å². The number of rotatable bonds is 4. The number of anilines is 1. The van der Waals surface area contributed by atoms with Crippen LogP contribution < -0.4 is 10.5 Å². The van der Waals surface area contributed by atoms with E-state index < -0.39 is 0 Å². The summed E-state index contributed by atoms with van der Waals surface area (Å²) >= 11 is 2.19. The summed E-state index contributed by atoms with van der Waals surface area (Å²) in [6.07, 6.45) is 2.69. The van der Waals surface area contributed by atoms with Crippen LogP contribution in [0.5, 0.6) is 5.75 Å². The van der Waals surface area contributed by atoms with Gasteiger partial charge in [-0.05, 0) is 53.6 Å². The van der Waals surface area contributed by atoms with Gasteiger partial charge in [0.25, 0.3) is 0 Å². The highest BCUT2D eigenvalue weighted by molar-refractivity contribution is 14.1. The fourth-order valence-corrected chi connectivity index (χ4v) is 2.26. The van der Waals surface area contributed by atoms with Crippen LogP contribution >= 0.6 is 22.6 Å². The van der Waals surface area contributed by atoms with Crippen molar-refractivity contribution in [2.75, 3.05) is 12.8 Å². The first-order chi connectivity index (χ1) is 8.61. The zero-order valence-corrected chi connectivity index (χ0v) is 12.6. The van der Waals surface area contributed by atoms with Gasteiger partial charge in [0.2, 0.25) is 0 Å².